The molecule has 0 fully saturated rings. The molecule has 0 saturated heterocycles. The first-order valence-corrected chi connectivity index (χ1v) is 21.1. The van der Waals surface area contributed by atoms with Crippen molar-refractivity contribution in [2.75, 3.05) is 0 Å². The molecule has 0 bridgehead atoms. The molecule has 0 atom stereocenters. The lowest BCUT2D eigenvalue weighted by Crippen LogP contribution is -2.19. The summed E-state index contributed by atoms with van der Waals surface area (Å²) in [5.41, 5.74) is 0.928. The van der Waals surface area contributed by atoms with Crippen molar-refractivity contribution in [1.29, 1.82) is 0 Å². The van der Waals surface area contributed by atoms with Gasteiger partial charge < -0.3 is 33.0 Å². The SMILES string of the molecule is CC(C)Oc1cc(OC(C)C)c([S+](c2ccccc2)c2c(OC(C)C)cc(OC(C)C)cc2OC(C)C)c(OC(C)C)c1.Cc1ccc(S(=O)(=O)[O-])cc1. The maximum Gasteiger partial charge on any atom is 0.250 e. The Kier molecular flexibility index (Phi) is 16.4. The second kappa shape index (κ2) is 20.0. The second-order valence-corrected chi connectivity index (χ2v) is 17.7. The Morgan fingerprint density at radius 3 is 1.07 bits per heavy atom. The number of rotatable bonds is 16. The fraction of sp³-hybridized carbons (Fsp3) is 0.442. The number of aryl methyl sites for hydroxylation is 1. The van der Waals surface area contributed by atoms with E-state index in [1.807, 2.05) is 120 Å². The molecular formula is C43H58O9S2. The van der Waals surface area contributed by atoms with E-state index in [1.54, 1.807) is 12.1 Å². The summed E-state index contributed by atoms with van der Waals surface area (Å²) >= 11 is 0. The van der Waals surface area contributed by atoms with E-state index in [2.05, 4.69) is 24.3 Å². The van der Waals surface area contributed by atoms with E-state index in [0.717, 1.165) is 20.2 Å². The Hall–Kier alpha value is -4.06. The topological polar surface area (TPSA) is 113 Å². The Labute approximate surface area is 326 Å². The van der Waals surface area contributed by atoms with Gasteiger partial charge in [-0.25, -0.2) is 8.42 Å². The highest BCUT2D eigenvalue weighted by molar-refractivity contribution is 7.97. The summed E-state index contributed by atoms with van der Waals surface area (Å²) in [7, 11) is -5.05. The zero-order chi connectivity index (χ0) is 40.3. The fourth-order valence-electron chi connectivity index (χ4n) is 5.15. The van der Waals surface area contributed by atoms with Gasteiger partial charge in [-0.3, -0.25) is 0 Å². The molecule has 11 heteroatoms. The summed E-state index contributed by atoms with van der Waals surface area (Å²) in [6, 6.07) is 24.1. The summed E-state index contributed by atoms with van der Waals surface area (Å²) in [6.45, 7) is 26.1. The molecule has 0 aliphatic heterocycles. The first kappa shape index (κ1) is 44.3. The van der Waals surface area contributed by atoms with E-state index in [9.17, 15) is 13.0 Å². The van der Waals surface area contributed by atoms with E-state index >= 15 is 0 Å². The summed E-state index contributed by atoms with van der Waals surface area (Å²) in [5, 5.41) is 0. The zero-order valence-electron chi connectivity index (χ0n) is 34.0. The number of benzene rings is 4. The van der Waals surface area contributed by atoms with Crippen LogP contribution in [0, 0.1) is 6.92 Å². The van der Waals surface area contributed by atoms with Crippen molar-refractivity contribution in [1.82, 2.24) is 0 Å². The monoisotopic (exact) mass is 782 g/mol. The van der Waals surface area contributed by atoms with Gasteiger partial charge in [-0.2, -0.15) is 0 Å². The van der Waals surface area contributed by atoms with Crippen LogP contribution in [0.5, 0.6) is 34.5 Å². The second-order valence-electron chi connectivity index (χ2n) is 14.4. The molecule has 0 radical (unpaired) electrons. The Morgan fingerprint density at radius 1 is 0.481 bits per heavy atom. The van der Waals surface area contributed by atoms with Crippen LogP contribution in [0.25, 0.3) is 0 Å². The quantitative estimate of drug-likeness (QED) is 0.0810. The van der Waals surface area contributed by atoms with Crippen molar-refractivity contribution in [3.05, 3.63) is 84.4 Å². The van der Waals surface area contributed by atoms with Gasteiger partial charge in [-0.05, 0) is 114 Å². The van der Waals surface area contributed by atoms with Crippen LogP contribution in [0.3, 0.4) is 0 Å². The van der Waals surface area contributed by atoms with E-state index in [4.69, 9.17) is 28.4 Å². The summed E-state index contributed by atoms with van der Waals surface area (Å²) < 4.78 is 69.8. The highest BCUT2D eigenvalue weighted by atomic mass is 32.2. The predicted molar refractivity (Wildman–Crippen MR) is 215 cm³/mol. The molecular weight excluding hydrogens is 725 g/mol. The Morgan fingerprint density at radius 2 is 0.796 bits per heavy atom. The summed E-state index contributed by atoms with van der Waals surface area (Å²) in [5.74, 6) is 4.18. The molecule has 0 aliphatic carbocycles. The first-order chi connectivity index (χ1) is 25.2. The maximum atomic E-state index is 10.4. The molecule has 9 nitrogen and oxygen atoms in total. The van der Waals surface area contributed by atoms with Crippen molar-refractivity contribution < 1.29 is 41.4 Å². The molecule has 0 N–H and O–H groups in total. The fourth-order valence-corrected chi connectivity index (χ4v) is 7.96. The van der Waals surface area contributed by atoms with Crippen LogP contribution in [0.4, 0.5) is 0 Å². The average molecular weight is 783 g/mol. The average Bonchev–Trinajstić information content (AvgIpc) is 3.02. The molecule has 0 amide bonds. The van der Waals surface area contributed by atoms with Crippen molar-refractivity contribution >= 4 is 21.0 Å². The molecule has 0 spiro atoms. The summed E-state index contributed by atoms with van der Waals surface area (Å²) in [4.78, 5) is 2.71. The Bertz CT molecular complexity index is 1730. The number of hydrogen-bond acceptors (Lipinski definition) is 9. The van der Waals surface area contributed by atoms with E-state index in [0.29, 0.717) is 34.5 Å². The molecule has 4 rings (SSSR count). The van der Waals surface area contributed by atoms with Gasteiger partial charge in [0.05, 0.1) is 41.5 Å². The minimum absolute atomic E-state index is 0.0115. The molecule has 4 aromatic carbocycles. The maximum absolute atomic E-state index is 10.4. The lowest BCUT2D eigenvalue weighted by Gasteiger charge is -2.24. The highest BCUT2D eigenvalue weighted by Crippen LogP contribution is 2.52. The van der Waals surface area contributed by atoms with Crippen molar-refractivity contribution in [2.24, 2.45) is 0 Å². The van der Waals surface area contributed by atoms with Crippen molar-refractivity contribution in [2.45, 2.75) is 146 Å². The standard InChI is InChI=1S/C36H51O6S.C7H8O3S/c1-22(2)37-28-18-31(39-24(5)6)35(32(19-28)40-25(7)8)43(30-16-14-13-15-17-30)36-33(41-26(9)10)20-29(38-23(3)4)21-34(36)42-27(11)12;1-6-2-4-7(5-3-6)11(8,9)10/h13-27H,1-12H3;2-5H,1H3,(H,8,9,10)/q+1;/p-1. The predicted octanol–water partition coefficient (Wildman–Crippen LogP) is 10.4. The van der Waals surface area contributed by atoms with Gasteiger partial charge in [-0.1, -0.05) is 35.9 Å². The molecule has 296 valence electrons. The van der Waals surface area contributed by atoms with Crippen LogP contribution < -0.4 is 28.4 Å². The van der Waals surface area contributed by atoms with E-state index in [-0.39, 0.29) is 41.5 Å². The molecule has 0 aliphatic rings. The minimum Gasteiger partial charge on any atom is -0.744 e. The third kappa shape index (κ3) is 13.7. The van der Waals surface area contributed by atoms with Gasteiger partial charge >= 0.3 is 0 Å². The first-order valence-electron chi connectivity index (χ1n) is 18.4. The Balaban J connectivity index is 0.000000609. The summed E-state index contributed by atoms with van der Waals surface area (Å²) in [6.07, 6.45) is -0.353. The van der Waals surface area contributed by atoms with Crippen molar-refractivity contribution in [3.63, 3.8) is 0 Å². The van der Waals surface area contributed by atoms with Crippen LogP contribution in [0.1, 0.15) is 88.6 Å². The van der Waals surface area contributed by atoms with Crippen LogP contribution >= 0.6 is 0 Å². The minimum atomic E-state index is -4.27. The van der Waals surface area contributed by atoms with Crippen molar-refractivity contribution in [3.8, 4) is 34.5 Å². The highest BCUT2D eigenvalue weighted by Gasteiger charge is 2.43. The molecule has 0 saturated carbocycles. The molecule has 0 unspecified atom stereocenters. The lowest BCUT2D eigenvalue weighted by atomic mass is 10.2. The normalized spacial score (nSPS) is 11.7. The van der Waals surface area contributed by atoms with Gasteiger partial charge in [0.2, 0.25) is 0 Å². The van der Waals surface area contributed by atoms with Crippen LogP contribution in [-0.2, 0) is 21.0 Å². The van der Waals surface area contributed by atoms with Crippen LogP contribution in [-0.4, -0.2) is 49.6 Å². The van der Waals surface area contributed by atoms with Crippen LogP contribution in [0.15, 0.2) is 98.4 Å². The third-order valence-corrected chi connectivity index (χ3v) is 10.1. The van der Waals surface area contributed by atoms with Gasteiger partial charge in [0.15, 0.2) is 27.9 Å². The third-order valence-electron chi connectivity index (χ3n) is 6.88. The molecule has 4 aromatic rings. The van der Waals surface area contributed by atoms with Gasteiger partial charge in [0, 0.05) is 24.3 Å². The van der Waals surface area contributed by atoms with Crippen LogP contribution in [0.2, 0.25) is 0 Å². The molecule has 0 aromatic heterocycles. The number of ether oxygens (including phenoxy) is 6. The van der Waals surface area contributed by atoms with Gasteiger partial charge in [0.25, 0.3) is 9.79 Å². The lowest BCUT2D eigenvalue weighted by molar-refractivity contribution is 0.206. The molecule has 0 heterocycles. The molecule has 54 heavy (non-hydrogen) atoms. The number of hydrogen-bond donors (Lipinski definition) is 0. The largest absolute Gasteiger partial charge is 0.744 e. The van der Waals surface area contributed by atoms with E-state index < -0.39 is 21.0 Å². The smallest absolute Gasteiger partial charge is 0.250 e. The van der Waals surface area contributed by atoms with Gasteiger partial charge in [0.1, 0.15) is 32.5 Å². The zero-order valence-corrected chi connectivity index (χ0v) is 35.6. The van der Waals surface area contributed by atoms with E-state index in [1.165, 1.54) is 12.1 Å². The van der Waals surface area contributed by atoms with Gasteiger partial charge in [-0.15, -0.1) is 0 Å².